The van der Waals surface area contributed by atoms with Crippen LogP contribution in [0.5, 0.6) is 11.5 Å². The standard InChI is InChI=1S/C24H22F2N2O2/c1-29-21-11-14-9-10-28-23(17(14)13-22(21)30-2)16-5-3-4-6-20(16)27-24(28)18-12-15(25)7-8-19(18)26/h3-8,11-13,23-24,27H,9-10H2,1-2H3/t23-,24+/m0/s1. The zero-order valence-electron chi connectivity index (χ0n) is 16.8. The van der Waals surface area contributed by atoms with Crippen molar-refractivity contribution in [2.75, 3.05) is 26.1 Å². The number of ether oxygens (including phenoxy) is 2. The molecule has 0 fully saturated rings. The smallest absolute Gasteiger partial charge is 0.161 e. The van der Waals surface area contributed by atoms with Crippen molar-refractivity contribution in [1.82, 2.24) is 4.90 Å². The molecule has 0 aliphatic carbocycles. The molecular weight excluding hydrogens is 386 g/mol. The zero-order chi connectivity index (χ0) is 20.8. The third kappa shape index (κ3) is 2.91. The fourth-order valence-electron chi connectivity index (χ4n) is 4.67. The summed E-state index contributed by atoms with van der Waals surface area (Å²) in [5, 5.41) is 3.43. The van der Waals surface area contributed by atoms with Crippen LogP contribution >= 0.6 is 0 Å². The van der Waals surface area contributed by atoms with Crippen LogP contribution in [0.4, 0.5) is 14.5 Å². The Hall–Kier alpha value is -3.12. The normalized spacial score (nSPS) is 19.9. The van der Waals surface area contributed by atoms with Crippen LogP contribution in [0.2, 0.25) is 0 Å². The highest BCUT2D eigenvalue weighted by atomic mass is 19.1. The fraction of sp³-hybridized carbons (Fsp3) is 0.250. The van der Waals surface area contributed by atoms with Crippen LogP contribution in [0.1, 0.15) is 34.5 Å². The van der Waals surface area contributed by atoms with Gasteiger partial charge in [-0.3, -0.25) is 4.90 Å². The van der Waals surface area contributed by atoms with Crippen molar-refractivity contribution in [1.29, 1.82) is 0 Å². The summed E-state index contributed by atoms with van der Waals surface area (Å²) in [5.74, 6) is 0.472. The van der Waals surface area contributed by atoms with E-state index in [0.29, 0.717) is 23.6 Å². The molecule has 0 saturated heterocycles. The predicted octanol–water partition coefficient (Wildman–Crippen LogP) is 5.05. The van der Waals surface area contributed by atoms with Gasteiger partial charge < -0.3 is 14.8 Å². The molecule has 0 unspecified atom stereocenters. The predicted molar refractivity (Wildman–Crippen MR) is 111 cm³/mol. The Bertz CT molecular complexity index is 1120. The van der Waals surface area contributed by atoms with E-state index in [2.05, 4.69) is 16.3 Å². The van der Waals surface area contributed by atoms with Gasteiger partial charge in [0.2, 0.25) is 0 Å². The van der Waals surface area contributed by atoms with E-state index in [9.17, 15) is 8.78 Å². The minimum atomic E-state index is -0.484. The number of rotatable bonds is 3. The molecule has 2 heterocycles. The number of fused-ring (bicyclic) bond motifs is 5. The lowest BCUT2D eigenvalue weighted by molar-refractivity contribution is 0.150. The van der Waals surface area contributed by atoms with E-state index >= 15 is 0 Å². The molecule has 2 atom stereocenters. The third-order valence-corrected chi connectivity index (χ3v) is 6.04. The van der Waals surface area contributed by atoms with Gasteiger partial charge in [0.25, 0.3) is 0 Å². The molecule has 2 aliphatic rings. The van der Waals surface area contributed by atoms with Gasteiger partial charge in [-0.15, -0.1) is 0 Å². The molecule has 0 radical (unpaired) electrons. The summed E-state index contributed by atoms with van der Waals surface area (Å²) in [5.41, 5.74) is 4.57. The van der Waals surface area contributed by atoms with Gasteiger partial charge in [-0.25, -0.2) is 8.78 Å². The van der Waals surface area contributed by atoms with E-state index < -0.39 is 17.8 Å². The summed E-state index contributed by atoms with van der Waals surface area (Å²) in [7, 11) is 3.24. The number of anilines is 1. The second-order valence-electron chi connectivity index (χ2n) is 7.60. The van der Waals surface area contributed by atoms with Gasteiger partial charge in [0, 0.05) is 17.8 Å². The first-order chi connectivity index (χ1) is 14.6. The first-order valence-electron chi connectivity index (χ1n) is 9.91. The number of nitrogens with one attached hydrogen (secondary N) is 1. The van der Waals surface area contributed by atoms with Crippen molar-refractivity contribution in [2.45, 2.75) is 18.6 Å². The molecule has 154 valence electrons. The molecule has 0 bridgehead atoms. The van der Waals surface area contributed by atoms with E-state index in [0.717, 1.165) is 29.3 Å². The first-order valence-corrected chi connectivity index (χ1v) is 9.91. The van der Waals surface area contributed by atoms with E-state index in [-0.39, 0.29) is 6.04 Å². The van der Waals surface area contributed by atoms with Crippen molar-refractivity contribution < 1.29 is 18.3 Å². The molecule has 2 aliphatic heterocycles. The summed E-state index contributed by atoms with van der Waals surface area (Å²) in [4.78, 5) is 2.19. The molecule has 1 N–H and O–H groups in total. The molecule has 3 aromatic carbocycles. The maximum absolute atomic E-state index is 14.7. The third-order valence-electron chi connectivity index (χ3n) is 6.04. The monoisotopic (exact) mass is 408 g/mol. The summed E-state index contributed by atoms with van der Waals surface area (Å²) < 4.78 is 39.8. The van der Waals surface area contributed by atoms with Crippen LogP contribution in [0.25, 0.3) is 0 Å². The van der Waals surface area contributed by atoms with E-state index in [1.165, 1.54) is 17.7 Å². The van der Waals surface area contributed by atoms with Crippen molar-refractivity contribution >= 4 is 5.69 Å². The number of halogens is 2. The topological polar surface area (TPSA) is 33.7 Å². The van der Waals surface area contributed by atoms with Crippen LogP contribution < -0.4 is 14.8 Å². The quantitative estimate of drug-likeness (QED) is 0.657. The van der Waals surface area contributed by atoms with E-state index in [4.69, 9.17) is 9.47 Å². The summed E-state index contributed by atoms with van der Waals surface area (Å²) in [6, 6.07) is 15.5. The average molecular weight is 408 g/mol. The Morgan fingerprint density at radius 3 is 2.47 bits per heavy atom. The van der Waals surface area contributed by atoms with Crippen molar-refractivity contribution in [3.05, 3.63) is 88.5 Å². The number of benzene rings is 3. The van der Waals surface area contributed by atoms with Gasteiger partial charge in [-0.2, -0.15) is 0 Å². The second-order valence-corrected chi connectivity index (χ2v) is 7.60. The molecule has 3 aromatic rings. The van der Waals surface area contributed by atoms with Crippen LogP contribution in [-0.4, -0.2) is 25.7 Å². The van der Waals surface area contributed by atoms with Crippen molar-refractivity contribution in [3.8, 4) is 11.5 Å². The molecule has 0 aromatic heterocycles. The van der Waals surface area contributed by atoms with Gasteiger partial charge in [-0.1, -0.05) is 18.2 Å². The Labute approximate surface area is 174 Å². The SMILES string of the molecule is COc1cc2c(cc1OC)[C@@H]1c3ccccc3N[C@@H](c3cc(F)ccc3F)N1CC2. The largest absolute Gasteiger partial charge is 0.493 e. The van der Waals surface area contributed by atoms with Crippen LogP contribution in [0.3, 0.4) is 0 Å². The molecule has 0 spiro atoms. The second kappa shape index (κ2) is 7.29. The summed E-state index contributed by atoms with van der Waals surface area (Å²) >= 11 is 0. The molecular formula is C24H22F2N2O2. The number of nitrogens with zero attached hydrogens (tertiary/aromatic N) is 1. The van der Waals surface area contributed by atoms with E-state index in [1.54, 1.807) is 14.2 Å². The minimum Gasteiger partial charge on any atom is -0.493 e. The lowest BCUT2D eigenvalue weighted by Crippen LogP contribution is -2.45. The van der Waals surface area contributed by atoms with Gasteiger partial charge in [0.1, 0.15) is 17.8 Å². The Kier molecular flexibility index (Phi) is 4.59. The van der Waals surface area contributed by atoms with E-state index in [1.807, 2.05) is 30.3 Å². The highest BCUT2D eigenvalue weighted by Gasteiger charge is 2.40. The van der Waals surface area contributed by atoms with Crippen LogP contribution in [0.15, 0.2) is 54.6 Å². The number of methoxy groups -OCH3 is 2. The van der Waals surface area contributed by atoms with Gasteiger partial charge in [0.15, 0.2) is 11.5 Å². The lowest BCUT2D eigenvalue weighted by Gasteiger charge is -2.47. The maximum atomic E-state index is 14.7. The fourth-order valence-corrected chi connectivity index (χ4v) is 4.67. The Balaban J connectivity index is 1.70. The molecule has 4 nitrogen and oxygen atoms in total. The molecule has 6 heteroatoms. The van der Waals surface area contributed by atoms with Gasteiger partial charge >= 0.3 is 0 Å². The number of hydrogen-bond donors (Lipinski definition) is 1. The first kappa shape index (κ1) is 18.9. The van der Waals surface area contributed by atoms with Crippen LogP contribution in [0, 0.1) is 11.6 Å². The highest BCUT2D eigenvalue weighted by molar-refractivity contribution is 5.61. The maximum Gasteiger partial charge on any atom is 0.161 e. The molecule has 5 rings (SSSR count). The van der Waals surface area contributed by atoms with Crippen molar-refractivity contribution in [2.24, 2.45) is 0 Å². The lowest BCUT2D eigenvalue weighted by atomic mass is 9.84. The summed E-state index contributed by atoms with van der Waals surface area (Å²) in [6.07, 6.45) is 0.283. The Morgan fingerprint density at radius 1 is 0.900 bits per heavy atom. The highest BCUT2D eigenvalue weighted by Crippen LogP contribution is 2.49. The molecule has 30 heavy (non-hydrogen) atoms. The minimum absolute atomic E-state index is 0.112. The number of hydrogen-bond acceptors (Lipinski definition) is 4. The van der Waals surface area contributed by atoms with Gasteiger partial charge in [-0.05, 0) is 59.5 Å². The number of para-hydroxylation sites is 1. The summed E-state index contributed by atoms with van der Waals surface area (Å²) in [6.45, 7) is 0.690. The molecule has 0 saturated carbocycles. The average Bonchev–Trinajstić information content (AvgIpc) is 2.78. The zero-order valence-corrected chi connectivity index (χ0v) is 16.8. The van der Waals surface area contributed by atoms with Crippen molar-refractivity contribution in [3.63, 3.8) is 0 Å². The molecule has 0 amide bonds. The van der Waals surface area contributed by atoms with Gasteiger partial charge in [0.05, 0.1) is 20.3 Å². The van der Waals surface area contributed by atoms with Crippen LogP contribution in [-0.2, 0) is 6.42 Å². The Morgan fingerprint density at radius 2 is 1.67 bits per heavy atom.